The van der Waals surface area contributed by atoms with Crippen molar-refractivity contribution in [1.82, 2.24) is 10.2 Å². The molecular weight excluding hydrogens is 212 g/mol. The van der Waals surface area contributed by atoms with Gasteiger partial charge in [0.1, 0.15) is 0 Å². The summed E-state index contributed by atoms with van der Waals surface area (Å²) in [6.07, 6.45) is 2.18. The standard InChI is InChI=1S/C14H22N2O/c1-15-14(11-17)7-4-8-16-9-12-5-2-3-6-13(12)10-16/h2-3,5-6,14-15,17H,4,7-11H2,1H3. The van der Waals surface area contributed by atoms with Crippen LogP contribution in [0, 0.1) is 0 Å². The van der Waals surface area contributed by atoms with Gasteiger partial charge in [-0.05, 0) is 37.6 Å². The number of nitrogens with zero attached hydrogens (tertiary/aromatic N) is 1. The minimum Gasteiger partial charge on any atom is -0.395 e. The molecule has 17 heavy (non-hydrogen) atoms. The molecule has 0 saturated heterocycles. The maximum absolute atomic E-state index is 9.08. The number of hydrogen-bond acceptors (Lipinski definition) is 3. The lowest BCUT2D eigenvalue weighted by Crippen LogP contribution is -2.30. The summed E-state index contributed by atoms with van der Waals surface area (Å²) in [6, 6.07) is 8.93. The molecule has 0 aliphatic carbocycles. The molecule has 1 unspecified atom stereocenters. The van der Waals surface area contributed by atoms with Crippen LogP contribution < -0.4 is 5.32 Å². The fraction of sp³-hybridized carbons (Fsp3) is 0.571. The molecule has 3 nitrogen and oxygen atoms in total. The second-order valence-corrected chi connectivity index (χ2v) is 4.79. The minimum atomic E-state index is 0.233. The molecule has 0 amide bonds. The predicted octanol–water partition coefficient (Wildman–Crippen LogP) is 1.36. The van der Waals surface area contributed by atoms with Gasteiger partial charge in [-0.25, -0.2) is 0 Å². The lowest BCUT2D eigenvalue weighted by atomic mass is 10.1. The van der Waals surface area contributed by atoms with Crippen LogP contribution in [0.15, 0.2) is 24.3 Å². The molecule has 3 heteroatoms. The van der Waals surface area contributed by atoms with E-state index in [2.05, 4.69) is 34.5 Å². The summed E-state index contributed by atoms with van der Waals surface area (Å²) in [4.78, 5) is 2.48. The van der Waals surface area contributed by atoms with Crippen molar-refractivity contribution < 1.29 is 5.11 Å². The highest BCUT2D eigenvalue weighted by molar-refractivity contribution is 5.30. The summed E-state index contributed by atoms with van der Waals surface area (Å²) in [5.74, 6) is 0. The quantitative estimate of drug-likeness (QED) is 0.780. The zero-order valence-corrected chi connectivity index (χ0v) is 10.5. The average molecular weight is 234 g/mol. The molecule has 0 bridgehead atoms. The molecule has 0 spiro atoms. The Bertz CT molecular complexity index is 325. The van der Waals surface area contributed by atoms with Crippen LogP contribution in [-0.2, 0) is 13.1 Å². The molecular formula is C14H22N2O. The fourth-order valence-corrected chi connectivity index (χ4v) is 2.45. The van der Waals surface area contributed by atoms with E-state index in [4.69, 9.17) is 5.11 Å². The van der Waals surface area contributed by atoms with E-state index in [1.807, 2.05) is 7.05 Å². The van der Waals surface area contributed by atoms with Crippen LogP contribution in [0.3, 0.4) is 0 Å². The molecule has 1 atom stereocenters. The first kappa shape index (κ1) is 12.6. The van der Waals surface area contributed by atoms with E-state index in [9.17, 15) is 0 Å². The van der Waals surface area contributed by atoms with Crippen molar-refractivity contribution in [1.29, 1.82) is 0 Å². The van der Waals surface area contributed by atoms with Gasteiger partial charge in [0.05, 0.1) is 6.61 Å². The van der Waals surface area contributed by atoms with Crippen LogP contribution in [0.25, 0.3) is 0 Å². The highest BCUT2D eigenvalue weighted by Crippen LogP contribution is 2.22. The Kier molecular flexibility index (Phi) is 4.54. The molecule has 94 valence electrons. The number of aliphatic hydroxyl groups is 1. The maximum Gasteiger partial charge on any atom is 0.0584 e. The number of aliphatic hydroxyl groups excluding tert-OH is 1. The molecule has 1 aliphatic heterocycles. The van der Waals surface area contributed by atoms with Crippen molar-refractivity contribution in [2.45, 2.75) is 32.0 Å². The first-order valence-corrected chi connectivity index (χ1v) is 6.40. The van der Waals surface area contributed by atoms with Crippen molar-refractivity contribution >= 4 is 0 Å². The van der Waals surface area contributed by atoms with Crippen LogP contribution in [0.5, 0.6) is 0 Å². The topological polar surface area (TPSA) is 35.5 Å². The van der Waals surface area contributed by atoms with E-state index in [1.165, 1.54) is 11.1 Å². The molecule has 1 heterocycles. The Labute approximate surface area is 103 Å². The molecule has 1 aromatic rings. The van der Waals surface area contributed by atoms with E-state index in [-0.39, 0.29) is 12.6 Å². The number of nitrogens with one attached hydrogen (secondary N) is 1. The van der Waals surface area contributed by atoms with E-state index in [0.29, 0.717) is 0 Å². The van der Waals surface area contributed by atoms with Crippen molar-refractivity contribution in [3.05, 3.63) is 35.4 Å². The Hall–Kier alpha value is -0.900. The van der Waals surface area contributed by atoms with Crippen LogP contribution in [0.4, 0.5) is 0 Å². The first-order chi connectivity index (χ1) is 8.33. The Morgan fingerprint density at radius 1 is 1.29 bits per heavy atom. The van der Waals surface area contributed by atoms with Crippen LogP contribution in [0.1, 0.15) is 24.0 Å². The third kappa shape index (κ3) is 3.28. The van der Waals surface area contributed by atoms with E-state index < -0.39 is 0 Å². The van der Waals surface area contributed by atoms with Gasteiger partial charge in [-0.3, -0.25) is 4.90 Å². The largest absolute Gasteiger partial charge is 0.395 e. The predicted molar refractivity (Wildman–Crippen MR) is 69.7 cm³/mol. The zero-order chi connectivity index (χ0) is 12.1. The van der Waals surface area contributed by atoms with Gasteiger partial charge >= 0.3 is 0 Å². The van der Waals surface area contributed by atoms with Gasteiger partial charge in [0, 0.05) is 19.1 Å². The van der Waals surface area contributed by atoms with Crippen LogP contribution >= 0.6 is 0 Å². The highest BCUT2D eigenvalue weighted by atomic mass is 16.3. The molecule has 2 rings (SSSR count). The molecule has 0 aromatic heterocycles. The second kappa shape index (κ2) is 6.15. The molecule has 1 aromatic carbocycles. The van der Waals surface area contributed by atoms with Gasteiger partial charge in [0.25, 0.3) is 0 Å². The SMILES string of the molecule is CNC(CO)CCCN1Cc2ccccc2C1. The summed E-state index contributed by atoms with van der Waals surface area (Å²) in [5.41, 5.74) is 2.94. The summed E-state index contributed by atoms with van der Waals surface area (Å²) in [6.45, 7) is 3.52. The number of rotatable bonds is 6. The molecule has 1 aliphatic rings. The van der Waals surface area contributed by atoms with Crippen molar-refractivity contribution in [2.24, 2.45) is 0 Å². The maximum atomic E-state index is 9.08. The lowest BCUT2D eigenvalue weighted by Gasteiger charge is -2.17. The average Bonchev–Trinajstić information content (AvgIpc) is 2.77. The molecule has 0 radical (unpaired) electrons. The van der Waals surface area contributed by atoms with Crippen molar-refractivity contribution in [3.63, 3.8) is 0 Å². The smallest absolute Gasteiger partial charge is 0.0584 e. The van der Waals surface area contributed by atoms with Gasteiger partial charge in [-0.2, -0.15) is 0 Å². The monoisotopic (exact) mass is 234 g/mol. The zero-order valence-electron chi connectivity index (χ0n) is 10.5. The first-order valence-electron chi connectivity index (χ1n) is 6.40. The number of hydrogen-bond donors (Lipinski definition) is 2. The Morgan fingerprint density at radius 3 is 2.47 bits per heavy atom. The second-order valence-electron chi connectivity index (χ2n) is 4.79. The summed E-state index contributed by atoms with van der Waals surface area (Å²) < 4.78 is 0. The highest BCUT2D eigenvalue weighted by Gasteiger charge is 2.17. The molecule has 0 fully saturated rings. The van der Waals surface area contributed by atoms with Gasteiger partial charge < -0.3 is 10.4 Å². The van der Waals surface area contributed by atoms with Gasteiger partial charge in [-0.15, -0.1) is 0 Å². The van der Waals surface area contributed by atoms with Gasteiger partial charge in [0.2, 0.25) is 0 Å². The van der Waals surface area contributed by atoms with Crippen LogP contribution in [-0.4, -0.2) is 36.2 Å². The molecule has 2 N–H and O–H groups in total. The minimum absolute atomic E-state index is 0.233. The van der Waals surface area contributed by atoms with E-state index >= 15 is 0 Å². The fourth-order valence-electron chi connectivity index (χ4n) is 2.45. The Morgan fingerprint density at radius 2 is 1.94 bits per heavy atom. The van der Waals surface area contributed by atoms with Gasteiger partial charge in [-0.1, -0.05) is 24.3 Å². The lowest BCUT2D eigenvalue weighted by molar-refractivity contribution is 0.225. The van der Waals surface area contributed by atoms with Crippen molar-refractivity contribution in [3.8, 4) is 0 Å². The summed E-state index contributed by atoms with van der Waals surface area (Å²) in [7, 11) is 1.91. The number of fused-ring (bicyclic) bond motifs is 1. The summed E-state index contributed by atoms with van der Waals surface area (Å²) in [5, 5.41) is 12.2. The number of benzene rings is 1. The molecule has 0 saturated carbocycles. The van der Waals surface area contributed by atoms with Crippen LogP contribution in [0.2, 0.25) is 0 Å². The Balaban J connectivity index is 1.73. The van der Waals surface area contributed by atoms with E-state index in [1.54, 1.807) is 0 Å². The third-order valence-electron chi connectivity index (χ3n) is 3.56. The van der Waals surface area contributed by atoms with Gasteiger partial charge in [0.15, 0.2) is 0 Å². The van der Waals surface area contributed by atoms with Crippen molar-refractivity contribution in [2.75, 3.05) is 20.2 Å². The normalized spacial score (nSPS) is 17.1. The summed E-state index contributed by atoms with van der Waals surface area (Å²) >= 11 is 0. The van der Waals surface area contributed by atoms with E-state index in [0.717, 1.165) is 32.5 Å². The number of likely N-dealkylation sites (N-methyl/N-ethyl adjacent to an activating group) is 1. The third-order valence-corrected chi connectivity index (χ3v) is 3.56.